The third-order valence-corrected chi connectivity index (χ3v) is 7.27. The molecule has 0 atom stereocenters. The predicted molar refractivity (Wildman–Crippen MR) is 121 cm³/mol. The summed E-state index contributed by atoms with van der Waals surface area (Å²) >= 11 is 1.51. The normalized spacial score (nSPS) is 15.9. The van der Waals surface area contributed by atoms with Crippen molar-refractivity contribution in [3.05, 3.63) is 57.0 Å². The number of benzene rings is 1. The van der Waals surface area contributed by atoms with Crippen LogP contribution in [0.25, 0.3) is 10.2 Å². The Kier molecular flexibility index (Phi) is 5.85. The van der Waals surface area contributed by atoms with Gasteiger partial charge in [0.2, 0.25) is 5.91 Å². The van der Waals surface area contributed by atoms with Gasteiger partial charge in [0.15, 0.2) is 0 Å². The topological polar surface area (TPSA) is 84.7 Å². The average molecular weight is 442 g/mol. The van der Waals surface area contributed by atoms with Crippen molar-refractivity contribution in [1.29, 1.82) is 0 Å². The molecule has 1 aliphatic heterocycles. The van der Waals surface area contributed by atoms with Crippen molar-refractivity contribution in [2.45, 2.75) is 45.3 Å². The van der Waals surface area contributed by atoms with E-state index in [0.29, 0.717) is 37.7 Å². The van der Waals surface area contributed by atoms with E-state index >= 15 is 0 Å². The van der Waals surface area contributed by atoms with Crippen LogP contribution in [0.3, 0.4) is 0 Å². The SMILES string of the molecule is COc1cccc(CC(=O)N2CCC(O)(Cn3cnc4sc(C)c(C)c4c3=O)CC2)c1. The molecular weight excluding hydrogens is 414 g/mol. The maximum Gasteiger partial charge on any atom is 0.262 e. The smallest absolute Gasteiger partial charge is 0.262 e. The van der Waals surface area contributed by atoms with Crippen LogP contribution >= 0.6 is 11.3 Å². The molecule has 1 saturated heterocycles. The Morgan fingerprint density at radius 2 is 2.03 bits per heavy atom. The molecule has 31 heavy (non-hydrogen) atoms. The molecule has 164 valence electrons. The summed E-state index contributed by atoms with van der Waals surface area (Å²) in [6.07, 6.45) is 2.66. The first kappa shape index (κ1) is 21.5. The molecule has 0 saturated carbocycles. The van der Waals surface area contributed by atoms with Crippen LogP contribution in [-0.2, 0) is 17.8 Å². The summed E-state index contributed by atoms with van der Waals surface area (Å²) < 4.78 is 6.73. The Morgan fingerprint density at radius 3 is 2.74 bits per heavy atom. The van der Waals surface area contributed by atoms with Crippen molar-refractivity contribution in [3.8, 4) is 5.75 Å². The fourth-order valence-corrected chi connectivity index (χ4v) is 5.09. The maximum atomic E-state index is 13.0. The van der Waals surface area contributed by atoms with Gasteiger partial charge < -0.3 is 14.7 Å². The van der Waals surface area contributed by atoms with Crippen molar-refractivity contribution < 1.29 is 14.6 Å². The Balaban J connectivity index is 1.42. The number of fused-ring (bicyclic) bond motifs is 1. The number of hydrogen-bond acceptors (Lipinski definition) is 6. The molecule has 3 aromatic rings. The zero-order valence-corrected chi connectivity index (χ0v) is 18.9. The molecule has 3 heterocycles. The zero-order chi connectivity index (χ0) is 22.2. The number of carbonyl (C=O) groups is 1. The second-order valence-electron chi connectivity index (χ2n) is 8.27. The van der Waals surface area contributed by atoms with Crippen molar-refractivity contribution in [2.75, 3.05) is 20.2 Å². The lowest BCUT2D eigenvalue weighted by Gasteiger charge is -2.38. The van der Waals surface area contributed by atoms with Crippen molar-refractivity contribution >= 4 is 27.5 Å². The third kappa shape index (κ3) is 4.36. The molecule has 0 unspecified atom stereocenters. The number of hydrogen-bond donors (Lipinski definition) is 1. The minimum Gasteiger partial charge on any atom is -0.497 e. The van der Waals surface area contributed by atoms with Crippen LogP contribution in [0.2, 0.25) is 0 Å². The van der Waals surface area contributed by atoms with Crippen LogP contribution < -0.4 is 10.3 Å². The van der Waals surface area contributed by atoms with Gasteiger partial charge in [0.25, 0.3) is 5.56 Å². The van der Waals surface area contributed by atoms with Crippen LogP contribution in [0.5, 0.6) is 5.75 Å². The standard InChI is InChI=1S/C23H27N3O4S/c1-15-16(2)31-21-20(15)22(28)26(14-24-21)13-23(29)7-9-25(10-8-23)19(27)12-17-5-4-6-18(11-17)30-3/h4-6,11,14,29H,7-10,12-13H2,1-3H3. The molecule has 4 rings (SSSR count). The fourth-order valence-electron chi connectivity index (χ4n) is 4.10. The van der Waals surface area contributed by atoms with E-state index in [4.69, 9.17) is 4.74 Å². The van der Waals surface area contributed by atoms with Gasteiger partial charge in [-0.05, 0) is 49.9 Å². The van der Waals surface area contributed by atoms with Gasteiger partial charge in [-0.15, -0.1) is 11.3 Å². The summed E-state index contributed by atoms with van der Waals surface area (Å²) in [7, 11) is 1.60. The number of aliphatic hydroxyl groups is 1. The summed E-state index contributed by atoms with van der Waals surface area (Å²) in [6.45, 7) is 5.02. The molecule has 0 bridgehead atoms. The molecule has 0 aliphatic carbocycles. The van der Waals surface area contributed by atoms with E-state index in [9.17, 15) is 14.7 Å². The van der Waals surface area contributed by atoms with Crippen LogP contribution in [-0.4, -0.2) is 51.3 Å². The summed E-state index contributed by atoms with van der Waals surface area (Å²) in [5.41, 5.74) is 0.705. The number of likely N-dealkylation sites (tertiary alicyclic amines) is 1. The van der Waals surface area contributed by atoms with E-state index in [1.807, 2.05) is 38.1 Å². The number of ether oxygens (including phenoxy) is 1. The number of carbonyl (C=O) groups excluding carboxylic acids is 1. The van der Waals surface area contributed by atoms with E-state index in [2.05, 4.69) is 4.98 Å². The number of amides is 1. The highest BCUT2D eigenvalue weighted by atomic mass is 32.1. The number of thiophene rings is 1. The lowest BCUT2D eigenvalue weighted by atomic mass is 9.91. The second kappa shape index (κ2) is 8.43. The molecule has 1 fully saturated rings. The molecule has 1 N–H and O–H groups in total. The van der Waals surface area contributed by atoms with Gasteiger partial charge in [-0.25, -0.2) is 4.98 Å². The Bertz CT molecular complexity index is 1180. The Morgan fingerprint density at radius 1 is 1.29 bits per heavy atom. The predicted octanol–water partition coefficient (Wildman–Crippen LogP) is 2.68. The van der Waals surface area contributed by atoms with Crippen molar-refractivity contribution in [2.24, 2.45) is 0 Å². The van der Waals surface area contributed by atoms with E-state index in [1.54, 1.807) is 12.0 Å². The summed E-state index contributed by atoms with van der Waals surface area (Å²) in [4.78, 5) is 33.7. The van der Waals surface area contributed by atoms with Gasteiger partial charge in [0.1, 0.15) is 10.6 Å². The lowest BCUT2D eigenvalue weighted by molar-refractivity contribution is -0.135. The second-order valence-corrected chi connectivity index (χ2v) is 9.48. The largest absolute Gasteiger partial charge is 0.497 e. The lowest BCUT2D eigenvalue weighted by Crippen LogP contribution is -2.50. The van der Waals surface area contributed by atoms with Crippen LogP contribution in [0.1, 0.15) is 28.8 Å². The molecule has 1 amide bonds. The highest BCUT2D eigenvalue weighted by molar-refractivity contribution is 7.18. The summed E-state index contributed by atoms with van der Waals surface area (Å²) in [5.74, 6) is 0.755. The number of methoxy groups -OCH3 is 1. The zero-order valence-electron chi connectivity index (χ0n) is 18.1. The monoisotopic (exact) mass is 441 g/mol. The van der Waals surface area contributed by atoms with E-state index in [0.717, 1.165) is 26.6 Å². The van der Waals surface area contributed by atoms with Crippen LogP contribution in [0.15, 0.2) is 35.4 Å². The number of aromatic nitrogens is 2. The van der Waals surface area contributed by atoms with Gasteiger partial charge in [-0.2, -0.15) is 0 Å². The first-order valence-electron chi connectivity index (χ1n) is 10.4. The van der Waals surface area contributed by atoms with Crippen LogP contribution in [0, 0.1) is 13.8 Å². The Labute approximate surface area is 184 Å². The van der Waals surface area contributed by atoms with E-state index in [-0.39, 0.29) is 18.0 Å². The molecule has 1 aromatic carbocycles. The molecule has 8 heteroatoms. The van der Waals surface area contributed by atoms with Crippen molar-refractivity contribution in [3.63, 3.8) is 0 Å². The summed E-state index contributed by atoms with van der Waals surface area (Å²) in [5, 5.41) is 11.8. The molecule has 0 radical (unpaired) electrons. The van der Waals surface area contributed by atoms with E-state index < -0.39 is 5.60 Å². The Hall–Kier alpha value is -2.71. The van der Waals surface area contributed by atoms with Gasteiger partial charge in [-0.3, -0.25) is 14.2 Å². The summed E-state index contributed by atoms with van der Waals surface area (Å²) in [6, 6.07) is 7.49. The van der Waals surface area contributed by atoms with Crippen molar-refractivity contribution in [1.82, 2.24) is 14.5 Å². The van der Waals surface area contributed by atoms with Gasteiger partial charge in [0, 0.05) is 18.0 Å². The molecular formula is C23H27N3O4S. The van der Waals surface area contributed by atoms with Crippen LogP contribution in [0.4, 0.5) is 0 Å². The molecule has 2 aromatic heterocycles. The molecule has 0 spiro atoms. The van der Waals surface area contributed by atoms with Gasteiger partial charge >= 0.3 is 0 Å². The highest BCUT2D eigenvalue weighted by Gasteiger charge is 2.34. The van der Waals surface area contributed by atoms with E-state index in [1.165, 1.54) is 22.2 Å². The third-order valence-electron chi connectivity index (χ3n) is 6.16. The quantitative estimate of drug-likeness (QED) is 0.658. The minimum atomic E-state index is -1.04. The molecule has 1 aliphatic rings. The van der Waals surface area contributed by atoms with Gasteiger partial charge in [0.05, 0.1) is 37.4 Å². The fraction of sp³-hybridized carbons (Fsp3) is 0.435. The first-order valence-corrected chi connectivity index (χ1v) is 11.2. The number of aryl methyl sites for hydroxylation is 2. The highest BCUT2D eigenvalue weighted by Crippen LogP contribution is 2.27. The number of nitrogens with zero attached hydrogens (tertiary/aromatic N) is 3. The minimum absolute atomic E-state index is 0.0277. The number of rotatable bonds is 5. The first-order chi connectivity index (χ1) is 14.8. The average Bonchev–Trinajstić information content (AvgIpc) is 3.05. The number of piperidine rings is 1. The molecule has 7 nitrogen and oxygen atoms in total. The maximum absolute atomic E-state index is 13.0. The van der Waals surface area contributed by atoms with Gasteiger partial charge in [-0.1, -0.05) is 12.1 Å².